The Bertz CT molecular complexity index is 459. The second-order valence-electron chi connectivity index (χ2n) is 6.46. The Morgan fingerprint density at radius 2 is 1.84 bits per heavy atom. The van der Waals surface area contributed by atoms with Gasteiger partial charge in [0.15, 0.2) is 11.6 Å². The largest absolute Gasteiger partial charge is 0.294 e. The van der Waals surface area contributed by atoms with Crippen molar-refractivity contribution in [2.75, 3.05) is 12.4 Å². The van der Waals surface area contributed by atoms with Crippen molar-refractivity contribution in [2.45, 2.75) is 76.6 Å². The second kappa shape index (κ2) is 12.0. The van der Waals surface area contributed by atoms with Crippen LogP contribution in [0.2, 0.25) is 0 Å². The topological polar surface area (TPSA) is 55.4 Å². The molecule has 0 radical (unpaired) electrons. The molecule has 1 fully saturated rings. The van der Waals surface area contributed by atoms with Crippen LogP contribution in [0.1, 0.15) is 66.7 Å². The molecule has 144 valence electrons. The zero-order valence-electron chi connectivity index (χ0n) is 16.2. The maximum absolute atomic E-state index is 12.6. The number of hydrogen-bond donors (Lipinski definition) is 1. The van der Waals surface area contributed by atoms with Crippen LogP contribution in [0, 0.1) is 5.92 Å². The van der Waals surface area contributed by atoms with E-state index in [1.54, 1.807) is 0 Å². The van der Waals surface area contributed by atoms with Gasteiger partial charge in [-0.1, -0.05) is 27.2 Å². The highest BCUT2D eigenvalue weighted by Crippen LogP contribution is 2.34. The van der Waals surface area contributed by atoms with Crippen molar-refractivity contribution in [2.24, 2.45) is 5.92 Å². The average Bonchev–Trinajstić information content (AvgIpc) is 2.51. The van der Waals surface area contributed by atoms with Crippen molar-refractivity contribution in [3.63, 3.8) is 0 Å². The average molecular weight is 388 g/mol. The standard InChI is InChI=1S/C19H33NO3S2/c1-6-9-16(20-23-7-2)19-17(21)11-15(12-18(19)22)10-13(4)25-14(5)24-8-3/h13-15,20H,6-12H2,1-5H3. The molecule has 25 heavy (non-hydrogen) atoms. The molecule has 6 heteroatoms. The molecular formula is C19H33NO3S2. The number of hydroxylamine groups is 1. The Labute approximate surface area is 161 Å². The first-order valence-corrected chi connectivity index (χ1v) is 11.4. The van der Waals surface area contributed by atoms with E-state index >= 15 is 0 Å². The van der Waals surface area contributed by atoms with Crippen molar-refractivity contribution >= 4 is 35.1 Å². The molecule has 1 saturated carbocycles. The summed E-state index contributed by atoms with van der Waals surface area (Å²) in [6.45, 7) is 11.0. The minimum Gasteiger partial charge on any atom is -0.294 e. The molecule has 1 aliphatic rings. The van der Waals surface area contributed by atoms with Gasteiger partial charge in [0.2, 0.25) is 0 Å². The molecule has 0 saturated heterocycles. The van der Waals surface area contributed by atoms with Crippen LogP contribution in [0.4, 0.5) is 0 Å². The van der Waals surface area contributed by atoms with Gasteiger partial charge in [-0.2, -0.15) is 0 Å². The number of rotatable bonds is 11. The first kappa shape index (κ1) is 22.6. The Balaban J connectivity index is 2.71. The minimum absolute atomic E-state index is 0.0231. The SMILES string of the molecule is CCCC(NOCC)=C1C(=O)CC(CC(C)SC(C)SCC)CC1=O. The lowest BCUT2D eigenvalue weighted by Crippen LogP contribution is -2.31. The number of carbonyl (C=O) groups is 2. The van der Waals surface area contributed by atoms with Gasteiger partial charge in [-0.05, 0) is 38.4 Å². The Morgan fingerprint density at radius 1 is 1.20 bits per heavy atom. The summed E-state index contributed by atoms with van der Waals surface area (Å²) >= 11 is 3.88. The zero-order valence-corrected chi connectivity index (χ0v) is 17.9. The summed E-state index contributed by atoms with van der Waals surface area (Å²) in [6, 6.07) is 0. The number of carbonyl (C=O) groups excluding carboxylic acids is 2. The number of allylic oxidation sites excluding steroid dienone is 2. The van der Waals surface area contributed by atoms with Crippen molar-refractivity contribution in [3.8, 4) is 0 Å². The molecular weight excluding hydrogens is 354 g/mol. The van der Waals surface area contributed by atoms with Gasteiger partial charge in [0, 0.05) is 22.7 Å². The van der Waals surface area contributed by atoms with Crippen LogP contribution in [0.15, 0.2) is 11.3 Å². The van der Waals surface area contributed by atoms with E-state index in [-0.39, 0.29) is 17.5 Å². The molecule has 0 bridgehead atoms. The van der Waals surface area contributed by atoms with Crippen LogP contribution >= 0.6 is 23.5 Å². The van der Waals surface area contributed by atoms with E-state index < -0.39 is 0 Å². The summed E-state index contributed by atoms with van der Waals surface area (Å²) in [7, 11) is 0. The molecule has 1 N–H and O–H groups in total. The first-order valence-electron chi connectivity index (χ1n) is 9.37. The van der Waals surface area contributed by atoms with Crippen LogP contribution in [0.3, 0.4) is 0 Å². The number of ketones is 2. The number of thioether (sulfide) groups is 2. The third-order valence-electron chi connectivity index (χ3n) is 4.14. The van der Waals surface area contributed by atoms with Crippen molar-refractivity contribution < 1.29 is 14.4 Å². The quantitative estimate of drug-likeness (QED) is 0.239. The third kappa shape index (κ3) is 7.75. The van der Waals surface area contributed by atoms with Crippen LogP contribution in [-0.4, -0.2) is 33.8 Å². The zero-order chi connectivity index (χ0) is 18.8. The number of Topliss-reactive ketones (excluding diaryl/α,β-unsaturated/α-hetero) is 2. The first-order chi connectivity index (χ1) is 11.9. The molecule has 0 amide bonds. The summed E-state index contributed by atoms with van der Waals surface area (Å²) in [5.41, 5.74) is 3.84. The summed E-state index contributed by atoms with van der Waals surface area (Å²) in [5, 5.41) is 0.460. The van der Waals surface area contributed by atoms with Crippen LogP contribution in [0.5, 0.6) is 0 Å². The molecule has 2 unspecified atom stereocenters. The normalized spacial score (nSPS) is 20.5. The van der Waals surface area contributed by atoms with Gasteiger partial charge >= 0.3 is 0 Å². The van der Waals surface area contributed by atoms with E-state index in [2.05, 4.69) is 26.3 Å². The van der Waals surface area contributed by atoms with Crippen molar-refractivity contribution in [1.29, 1.82) is 0 Å². The Kier molecular flexibility index (Phi) is 10.9. The van der Waals surface area contributed by atoms with Crippen molar-refractivity contribution in [3.05, 3.63) is 11.3 Å². The van der Waals surface area contributed by atoms with E-state index in [1.807, 2.05) is 37.4 Å². The van der Waals surface area contributed by atoms with Crippen LogP contribution in [-0.2, 0) is 14.4 Å². The highest BCUT2D eigenvalue weighted by Gasteiger charge is 2.33. The van der Waals surface area contributed by atoms with Gasteiger partial charge in [0.1, 0.15) is 0 Å². The molecule has 1 aliphatic carbocycles. The van der Waals surface area contributed by atoms with Crippen molar-refractivity contribution in [1.82, 2.24) is 5.48 Å². The molecule has 0 aliphatic heterocycles. The lowest BCUT2D eigenvalue weighted by atomic mass is 9.80. The van der Waals surface area contributed by atoms with Gasteiger partial charge in [-0.25, -0.2) is 0 Å². The van der Waals surface area contributed by atoms with E-state index in [9.17, 15) is 9.59 Å². The van der Waals surface area contributed by atoms with E-state index in [4.69, 9.17) is 4.84 Å². The van der Waals surface area contributed by atoms with Gasteiger partial charge in [0.25, 0.3) is 0 Å². The monoisotopic (exact) mass is 387 g/mol. The summed E-state index contributed by atoms with van der Waals surface area (Å²) in [4.78, 5) is 30.5. The van der Waals surface area contributed by atoms with Gasteiger partial charge in [-0.15, -0.1) is 23.5 Å². The Morgan fingerprint density at radius 3 is 2.36 bits per heavy atom. The minimum atomic E-state index is -0.0231. The van der Waals surface area contributed by atoms with Gasteiger partial charge in [-0.3, -0.25) is 19.9 Å². The molecule has 4 nitrogen and oxygen atoms in total. The predicted molar refractivity (Wildman–Crippen MR) is 109 cm³/mol. The van der Waals surface area contributed by atoms with Gasteiger partial charge in [0.05, 0.1) is 17.9 Å². The molecule has 2 atom stereocenters. The fraction of sp³-hybridized carbons (Fsp3) is 0.789. The third-order valence-corrected chi connectivity index (χ3v) is 6.72. The molecule has 1 rings (SSSR count). The molecule has 0 aromatic rings. The highest BCUT2D eigenvalue weighted by atomic mass is 32.2. The lowest BCUT2D eigenvalue weighted by Gasteiger charge is -2.27. The van der Waals surface area contributed by atoms with Gasteiger partial charge < -0.3 is 0 Å². The molecule has 0 heterocycles. The lowest BCUT2D eigenvalue weighted by molar-refractivity contribution is -0.125. The summed E-state index contributed by atoms with van der Waals surface area (Å²) < 4.78 is 0.553. The Hall–Kier alpha value is -0.460. The predicted octanol–water partition coefficient (Wildman–Crippen LogP) is 4.74. The summed E-state index contributed by atoms with van der Waals surface area (Å²) in [6.07, 6.45) is 3.40. The van der Waals surface area contributed by atoms with Crippen LogP contribution < -0.4 is 5.48 Å². The maximum atomic E-state index is 12.6. The number of nitrogens with one attached hydrogen (secondary N) is 1. The highest BCUT2D eigenvalue weighted by molar-refractivity contribution is 8.17. The van der Waals surface area contributed by atoms with E-state index in [0.717, 1.165) is 18.6 Å². The fourth-order valence-corrected chi connectivity index (χ4v) is 6.02. The molecule has 0 aromatic carbocycles. The van der Waals surface area contributed by atoms with E-state index in [1.165, 1.54) is 0 Å². The molecule has 0 aromatic heterocycles. The van der Waals surface area contributed by atoms with E-state index in [0.29, 0.717) is 47.0 Å². The maximum Gasteiger partial charge on any atom is 0.168 e. The second-order valence-corrected chi connectivity index (χ2v) is 10.2. The smallest absolute Gasteiger partial charge is 0.168 e. The van der Waals surface area contributed by atoms with Crippen LogP contribution in [0.25, 0.3) is 0 Å². The summed E-state index contributed by atoms with van der Waals surface area (Å²) in [5.74, 6) is 1.23. The fourth-order valence-electron chi connectivity index (χ4n) is 3.22. The number of hydrogen-bond acceptors (Lipinski definition) is 6. The molecule has 0 spiro atoms.